The molecule has 0 radical (unpaired) electrons. The van der Waals surface area contributed by atoms with E-state index in [4.69, 9.17) is 4.74 Å². The molecular formula is C25H34N2O4S. The summed E-state index contributed by atoms with van der Waals surface area (Å²) in [7, 11) is -3.41. The number of sulfonamides is 1. The maximum Gasteiger partial charge on any atom is 0.410 e. The van der Waals surface area contributed by atoms with E-state index in [1.165, 1.54) is 0 Å². The number of amides is 1. The Kier molecular flexibility index (Phi) is 7.96. The number of hydrogen-bond donors (Lipinski definition) is 1. The van der Waals surface area contributed by atoms with Gasteiger partial charge >= 0.3 is 6.09 Å². The van der Waals surface area contributed by atoms with Crippen LogP contribution in [0.5, 0.6) is 0 Å². The van der Waals surface area contributed by atoms with E-state index < -0.39 is 10.0 Å². The molecule has 0 aliphatic carbocycles. The minimum absolute atomic E-state index is 0.203. The van der Waals surface area contributed by atoms with E-state index >= 15 is 0 Å². The summed E-state index contributed by atoms with van der Waals surface area (Å²) in [6, 6.07) is 17.6. The Morgan fingerprint density at radius 2 is 1.78 bits per heavy atom. The lowest BCUT2D eigenvalue weighted by Gasteiger charge is -2.41. The fourth-order valence-corrected chi connectivity index (χ4v) is 4.89. The number of nitrogens with zero attached hydrogens (tertiary/aromatic N) is 1. The number of ether oxygens (including phenoxy) is 1. The molecule has 0 aromatic heterocycles. The summed E-state index contributed by atoms with van der Waals surface area (Å²) in [5.41, 5.74) is 3.26. The highest BCUT2D eigenvalue weighted by molar-refractivity contribution is 7.88. The molecular weight excluding hydrogens is 424 g/mol. The molecule has 1 aliphatic heterocycles. The minimum Gasteiger partial charge on any atom is -0.446 e. The van der Waals surface area contributed by atoms with Gasteiger partial charge in [0, 0.05) is 12.6 Å². The Balaban J connectivity index is 1.88. The predicted molar refractivity (Wildman–Crippen MR) is 128 cm³/mol. The average molecular weight is 459 g/mol. The van der Waals surface area contributed by atoms with Crippen LogP contribution in [0, 0.1) is 5.92 Å². The molecule has 3 atom stereocenters. The second-order valence-corrected chi connectivity index (χ2v) is 10.8. The zero-order valence-electron chi connectivity index (χ0n) is 19.3. The normalized spacial score (nSPS) is 20.2. The van der Waals surface area contributed by atoms with Crippen LogP contribution in [0.4, 0.5) is 4.79 Å². The summed E-state index contributed by atoms with van der Waals surface area (Å²) in [5.74, 6) is 0.203. The first-order valence-corrected chi connectivity index (χ1v) is 13.1. The molecule has 0 bridgehead atoms. The Hall–Kier alpha value is -2.38. The van der Waals surface area contributed by atoms with E-state index in [0.717, 1.165) is 29.4 Å². The fourth-order valence-electron chi connectivity index (χ4n) is 4.06. The second-order valence-electron chi connectivity index (χ2n) is 9.00. The smallest absolute Gasteiger partial charge is 0.410 e. The number of likely N-dealkylation sites (tertiary alicyclic amines) is 1. The van der Waals surface area contributed by atoms with Gasteiger partial charge in [-0.25, -0.2) is 17.9 Å². The monoisotopic (exact) mass is 458 g/mol. The summed E-state index contributed by atoms with van der Waals surface area (Å²) in [4.78, 5) is 14.7. The van der Waals surface area contributed by atoms with Crippen LogP contribution >= 0.6 is 0 Å². The largest absolute Gasteiger partial charge is 0.446 e. The van der Waals surface area contributed by atoms with Crippen molar-refractivity contribution in [2.45, 2.75) is 58.2 Å². The molecule has 2 aromatic carbocycles. The standard InChI is InChI=1S/C25H34N2O4S/c1-18(2)19(3)31-25(28)27-15-9-14-23(26-32(4,29)30)24(27)17-20-10-8-13-22(16-20)21-11-6-5-7-12-21/h5-8,10-13,16,18-19,23-24,26H,9,14-15,17H2,1-4H3/t19?,23-,24-/m0/s1. The number of hydrogen-bond acceptors (Lipinski definition) is 4. The van der Waals surface area contributed by atoms with Crippen LogP contribution in [0.2, 0.25) is 0 Å². The van der Waals surface area contributed by atoms with Crippen LogP contribution in [-0.2, 0) is 21.2 Å². The first kappa shape index (κ1) is 24.3. The molecule has 1 fully saturated rings. The number of carbonyl (C=O) groups is 1. The van der Waals surface area contributed by atoms with Gasteiger partial charge in [0.1, 0.15) is 6.10 Å². The minimum atomic E-state index is -3.41. The lowest BCUT2D eigenvalue weighted by atomic mass is 9.90. The van der Waals surface area contributed by atoms with Gasteiger partial charge in [-0.1, -0.05) is 68.4 Å². The van der Waals surface area contributed by atoms with Gasteiger partial charge < -0.3 is 9.64 Å². The first-order chi connectivity index (χ1) is 15.1. The van der Waals surface area contributed by atoms with Gasteiger partial charge in [-0.3, -0.25) is 0 Å². The SMILES string of the molecule is CC(C)C(C)OC(=O)N1CCC[C@H](NS(C)(=O)=O)[C@@H]1Cc1cccc(-c2ccccc2)c1. The van der Waals surface area contributed by atoms with Crippen molar-refractivity contribution in [2.24, 2.45) is 5.92 Å². The summed E-state index contributed by atoms with van der Waals surface area (Å²) in [6.45, 7) is 6.45. The van der Waals surface area contributed by atoms with Crippen LogP contribution in [0.25, 0.3) is 11.1 Å². The Labute approximate surface area is 192 Å². The third-order valence-corrected chi connectivity index (χ3v) is 6.81. The number of nitrogens with one attached hydrogen (secondary N) is 1. The Morgan fingerprint density at radius 3 is 2.44 bits per heavy atom. The van der Waals surface area contributed by atoms with Gasteiger partial charge in [0.05, 0.1) is 12.3 Å². The number of piperidine rings is 1. The van der Waals surface area contributed by atoms with Crippen LogP contribution < -0.4 is 4.72 Å². The Bertz CT molecular complexity index is 1010. The molecule has 0 spiro atoms. The summed E-state index contributed by atoms with van der Waals surface area (Å²) < 4.78 is 32.5. The molecule has 2 aromatic rings. The molecule has 7 heteroatoms. The molecule has 1 N–H and O–H groups in total. The highest BCUT2D eigenvalue weighted by Gasteiger charge is 2.37. The third kappa shape index (κ3) is 6.56. The zero-order chi connectivity index (χ0) is 23.3. The molecule has 3 rings (SSSR count). The zero-order valence-corrected chi connectivity index (χ0v) is 20.1. The lowest BCUT2D eigenvalue weighted by molar-refractivity contribution is 0.0271. The second kappa shape index (κ2) is 10.5. The van der Waals surface area contributed by atoms with Crippen molar-refractivity contribution in [1.82, 2.24) is 9.62 Å². The summed E-state index contributed by atoms with van der Waals surface area (Å²) in [6.07, 6.45) is 2.51. The van der Waals surface area contributed by atoms with E-state index in [1.807, 2.05) is 51.1 Å². The number of benzene rings is 2. The van der Waals surface area contributed by atoms with Crippen molar-refractivity contribution < 1.29 is 17.9 Å². The third-order valence-electron chi connectivity index (χ3n) is 6.08. The van der Waals surface area contributed by atoms with Crippen molar-refractivity contribution in [3.63, 3.8) is 0 Å². The van der Waals surface area contributed by atoms with Gasteiger partial charge in [0.2, 0.25) is 10.0 Å². The average Bonchev–Trinajstić information content (AvgIpc) is 2.74. The van der Waals surface area contributed by atoms with Crippen LogP contribution in [0.15, 0.2) is 54.6 Å². The van der Waals surface area contributed by atoms with Gasteiger partial charge in [0.25, 0.3) is 0 Å². The molecule has 1 saturated heterocycles. The van der Waals surface area contributed by atoms with Crippen molar-refractivity contribution in [2.75, 3.05) is 12.8 Å². The van der Waals surface area contributed by atoms with Crippen molar-refractivity contribution in [3.8, 4) is 11.1 Å². The molecule has 1 amide bonds. The van der Waals surface area contributed by atoms with E-state index in [0.29, 0.717) is 19.4 Å². The van der Waals surface area contributed by atoms with E-state index in [1.54, 1.807) is 4.90 Å². The van der Waals surface area contributed by atoms with Crippen molar-refractivity contribution in [1.29, 1.82) is 0 Å². The van der Waals surface area contributed by atoms with Crippen molar-refractivity contribution in [3.05, 3.63) is 60.2 Å². The van der Waals surface area contributed by atoms with Crippen molar-refractivity contribution >= 4 is 16.1 Å². The first-order valence-electron chi connectivity index (χ1n) is 11.2. The summed E-state index contributed by atoms with van der Waals surface area (Å²) in [5, 5.41) is 0. The number of rotatable bonds is 7. The maximum absolute atomic E-state index is 13.0. The molecule has 1 unspecified atom stereocenters. The lowest BCUT2D eigenvalue weighted by Crippen LogP contribution is -2.58. The van der Waals surface area contributed by atoms with Gasteiger partial charge in [0.15, 0.2) is 0 Å². The van der Waals surface area contributed by atoms with Crippen LogP contribution in [0.1, 0.15) is 39.2 Å². The van der Waals surface area contributed by atoms with Gasteiger partial charge in [-0.2, -0.15) is 0 Å². The fraction of sp³-hybridized carbons (Fsp3) is 0.480. The Morgan fingerprint density at radius 1 is 1.09 bits per heavy atom. The molecule has 174 valence electrons. The van der Waals surface area contributed by atoms with Crippen LogP contribution in [-0.4, -0.2) is 50.4 Å². The highest BCUT2D eigenvalue weighted by Crippen LogP contribution is 2.26. The van der Waals surface area contributed by atoms with Gasteiger partial charge in [-0.15, -0.1) is 0 Å². The maximum atomic E-state index is 13.0. The van der Waals surface area contributed by atoms with E-state index in [9.17, 15) is 13.2 Å². The molecule has 1 heterocycles. The molecule has 1 aliphatic rings. The quantitative estimate of drug-likeness (QED) is 0.665. The van der Waals surface area contributed by atoms with E-state index in [-0.39, 0.29) is 30.2 Å². The van der Waals surface area contributed by atoms with Gasteiger partial charge in [-0.05, 0) is 48.8 Å². The van der Waals surface area contributed by atoms with Crippen LogP contribution in [0.3, 0.4) is 0 Å². The topological polar surface area (TPSA) is 75.7 Å². The number of carbonyl (C=O) groups excluding carboxylic acids is 1. The highest BCUT2D eigenvalue weighted by atomic mass is 32.2. The van der Waals surface area contributed by atoms with E-state index in [2.05, 4.69) is 29.0 Å². The molecule has 0 saturated carbocycles. The molecule has 6 nitrogen and oxygen atoms in total. The summed E-state index contributed by atoms with van der Waals surface area (Å²) >= 11 is 0. The predicted octanol–water partition coefficient (Wildman–Crippen LogP) is 4.46. The molecule has 32 heavy (non-hydrogen) atoms.